The number of anilines is 1. The van der Waals surface area contributed by atoms with E-state index in [4.69, 9.17) is 5.73 Å². The van der Waals surface area contributed by atoms with Crippen LogP contribution in [0.15, 0.2) is 0 Å². The second kappa shape index (κ2) is 5.39. The van der Waals surface area contributed by atoms with Crippen molar-refractivity contribution >= 4 is 11.6 Å². The number of hydrogen-bond acceptors (Lipinski definition) is 4. The van der Waals surface area contributed by atoms with Gasteiger partial charge in [-0.3, -0.25) is 9.89 Å². The van der Waals surface area contributed by atoms with Crippen LogP contribution in [0.25, 0.3) is 0 Å². The SMILES string of the molecule is CCCc1[nH]nc(C(=O)N2CCC[C@H](O)C2)c1N. The second-order valence-corrected chi connectivity index (χ2v) is 4.76. The molecule has 1 aromatic rings. The molecule has 0 radical (unpaired) electrons. The maximum atomic E-state index is 12.2. The summed E-state index contributed by atoms with van der Waals surface area (Å²) < 4.78 is 0. The van der Waals surface area contributed by atoms with Crippen LogP contribution in [-0.4, -0.2) is 45.3 Å². The Labute approximate surface area is 106 Å². The molecule has 2 heterocycles. The fourth-order valence-electron chi connectivity index (χ4n) is 2.28. The summed E-state index contributed by atoms with van der Waals surface area (Å²) in [7, 11) is 0. The normalized spacial score (nSPS) is 20.1. The van der Waals surface area contributed by atoms with Crippen LogP contribution in [0, 0.1) is 0 Å². The monoisotopic (exact) mass is 252 g/mol. The summed E-state index contributed by atoms with van der Waals surface area (Å²) >= 11 is 0. The number of aryl methyl sites for hydroxylation is 1. The molecule has 4 N–H and O–H groups in total. The van der Waals surface area contributed by atoms with Crippen molar-refractivity contribution in [1.29, 1.82) is 0 Å². The number of nitrogens with one attached hydrogen (secondary N) is 1. The van der Waals surface area contributed by atoms with E-state index >= 15 is 0 Å². The average molecular weight is 252 g/mol. The topological polar surface area (TPSA) is 95.2 Å². The third kappa shape index (κ3) is 2.48. The minimum Gasteiger partial charge on any atom is -0.395 e. The Bertz CT molecular complexity index is 430. The standard InChI is InChI=1S/C12H20N4O2/c1-2-4-9-10(13)11(15-14-9)12(18)16-6-3-5-8(17)7-16/h8,17H,2-7,13H2,1H3,(H,14,15)/t8-/m0/s1. The third-order valence-electron chi connectivity index (χ3n) is 3.27. The molecular weight excluding hydrogens is 232 g/mol. The first kappa shape index (κ1) is 12.9. The number of piperidine rings is 1. The van der Waals surface area contributed by atoms with E-state index in [-0.39, 0.29) is 11.6 Å². The molecule has 6 nitrogen and oxygen atoms in total. The van der Waals surface area contributed by atoms with Crippen molar-refractivity contribution in [1.82, 2.24) is 15.1 Å². The van der Waals surface area contributed by atoms with Gasteiger partial charge in [0.15, 0.2) is 5.69 Å². The summed E-state index contributed by atoms with van der Waals surface area (Å²) in [6.45, 7) is 3.07. The lowest BCUT2D eigenvalue weighted by Gasteiger charge is -2.29. The van der Waals surface area contributed by atoms with Crippen LogP contribution in [0.3, 0.4) is 0 Å². The quantitative estimate of drug-likeness (QED) is 0.731. The zero-order chi connectivity index (χ0) is 13.1. The van der Waals surface area contributed by atoms with Crippen molar-refractivity contribution in [3.8, 4) is 0 Å². The van der Waals surface area contributed by atoms with Crippen molar-refractivity contribution in [3.05, 3.63) is 11.4 Å². The minimum atomic E-state index is -0.432. The highest BCUT2D eigenvalue weighted by Crippen LogP contribution is 2.19. The predicted molar refractivity (Wildman–Crippen MR) is 68.1 cm³/mol. The van der Waals surface area contributed by atoms with Crippen LogP contribution in [-0.2, 0) is 6.42 Å². The van der Waals surface area contributed by atoms with Crippen LogP contribution < -0.4 is 5.73 Å². The smallest absolute Gasteiger partial charge is 0.276 e. The summed E-state index contributed by atoms with van der Waals surface area (Å²) in [6.07, 6.45) is 2.87. The largest absolute Gasteiger partial charge is 0.395 e. The van der Waals surface area contributed by atoms with Gasteiger partial charge in [-0.2, -0.15) is 5.10 Å². The molecule has 18 heavy (non-hydrogen) atoms. The maximum Gasteiger partial charge on any atom is 0.276 e. The van der Waals surface area contributed by atoms with Crippen molar-refractivity contribution in [2.45, 2.75) is 38.7 Å². The van der Waals surface area contributed by atoms with E-state index in [9.17, 15) is 9.90 Å². The fourth-order valence-corrected chi connectivity index (χ4v) is 2.28. The number of aliphatic hydroxyl groups excluding tert-OH is 1. The lowest BCUT2D eigenvalue weighted by Crippen LogP contribution is -2.42. The van der Waals surface area contributed by atoms with Gasteiger partial charge < -0.3 is 15.7 Å². The summed E-state index contributed by atoms with van der Waals surface area (Å²) in [4.78, 5) is 13.9. The summed E-state index contributed by atoms with van der Waals surface area (Å²) in [6, 6.07) is 0. The highest BCUT2D eigenvalue weighted by molar-refractivity contribution is 5.97. The van der Waals surface area contributed by atoms with Gasteiger partial charge >= 0.3 is 0 Å². The number of aromatic nitrogens is 2. The number of carbonyl (C=O) groups is 1. The summed E-state index contributed by atoms with van der Waals surface area (Å²) in [5.74, 6) is -0.190. The summed E-state index contributed by atoms with van der Waals surface area (Å²) in [5, 5.41) is 16.4. The molecule has 1 aromatic heterocycles. The number of nitrogen functional groups attached to an aromatic ring is 1. The fraction of sp³-hybridized carbons (Fsp3) is 0.667. The lowest BCUT2D eigenvalue weighted by atomic mass is 10.1. The minimum absolute atomic E-state index is 0.190. The van der Waals surface area contributed by atoms with Gasteiger partial charge in [-0.1, -0.05) is 13.3 Å². The van der Waals surface area contributed by atoms with Crippen molar-refractivity contribution in [2.24, 2.45) is 0 Å². The van der Waals surface area contributed by atoms with Gasteiger partial charge in [-0.25, -0.2) is 0 Å². The van der Waals surface area contributed by atoms with E-state index in [0.717, 1.165) is 31.4 Å². The molecule has 2 rings (SSSR count). The molecule has 1 aliphatic heterocycles. The Hall–Kier alpha value is -1.56. The van der Waals surface area contributed by atoms with E-state index in [0.29, 0.717) is 18.8 Å². The van der Waals surface area contributed by atoms with Crippen molar-refractivity contribution < 1.29 is 9.90 Å². The Morgan fingerprint density at radius 3 is 3.11 bits per heavy atom. The van der Waals surface area contributed by atoms with Crippen LogP contribution in [0.2, 0.25) is 0 Å². The molecule has 0 spiro atoms. The second-order valence-electron chi connectivity index (χ2n) is 4.76. The van der Waals surface area contributed by atoms with Crippen LogP contribution in [0.4, 0.5) is 5.69 Å². The Kier molecular flexibility index (Phi) is 3.86. The maximum absolute atomic E-state index is 12.2. The molecule has 1 fully saturated rings. The lowest BCUT2D eigenvalue weighted by molar-refractivity contribution is 0.0470. The van der Waals surface area contributed by atoms with Gasteiger partial charge in [0, 0.05) is 13.1 Å². The molecule has 1 aliphatic rings. The molecular formula is C12H20N4O2. The van der Waals surface area contributed by atoms with Crippen LogP contribution in [0.5, 0.6) is 0 Å². The number of hydrogen-bond donors (Lipinski definition) is 3. The van der Waals surface area contributed by atoms with Gasteiger partial charge in [0.05, 0.1) is 17.5 Å². The first-order valence-electron chi connectivity index (χ1n) is 6.43. The van der Waals surface area contributed by atoms with Crippen molar-refractivity contribution in [3.63, 3.8) is 0 Å². The zero-order valence-electron chi connectivity index (χ0n) is 10.6. The number of β-amino-alcohol motifs (C(OH)–C–C–N with tert-alkyl or cyclic N) is 1. The highest BCUT2D eigenvalue weighted by Gasteiger charge is 2.26. The molecule has 0 saturated carbocycles. The number of nitrogens with zero attached hydrogens (tertiary/aromatic N) is 2. The van der Waals surface area contributed by atoms with E-state index in [2.05, 4.69) is 10.2 Å². The molecule has 100 valence electrons. The number of H-pyrrole nitrogens is 1. The van der Waals surface area contributed by atoms with Gasteiger partial charge in [0.25, 0.3) is 5.91 Å². The molecule has 6 heteroatoms. The van der Waals surface area contributed by atoms with Crippen molar-refractivity contribution in [2.75, 3.05) is 18.8 Å². The van der Waals surface area contributed by atoms with E-state index in [1.54, 1.807) is 4.90 Å². The number of aromatic amines is 1. The molecule has 1 amide bonds. The molecule has 0 aliphatic carbocycles. The van der Waals surface area contributed by atoms with E-state index in [1.165, 1.54) is 0 Å². The third-order valence-corrected chi connectivity index (χ3v) is 3.27. The summed E-state index contributed by atoms with van der Waals surface area (Å²) in [5.41, 5.74) is 7.48. The van der Waals surface area contributed by atoms with Gasteiger partial charge in [-0.05, 0) is 19.3 Å². The first-order chi connectivity index (χ1) is 8.63. The van der Waals surface area contributed by atoms with Gasteiger partial charge in [-0.15, -0.1) is 0 Å². The van der Waals surface area contributed by atoms with E-state index in [1.807, 2.05) is 6.92 Å². The first-order valence-corrected chi connectivity index (χ1v) is 6.43. The zero-order valence-corrected chi connectivity index (χ0v) is 10.6. The van der Waals surface area contributed by atoms with E-state index < -0.39 is 6.10 Å². The average Bonchev–Trinajstić information content (AvgIpc) is 2.71. The Morgan fingerprint density at radius 1 is 1.67 bits per heavy atom. The number of amides is 1. The number of likely N-dealkylation sites (tertiary alicyclic amines) is 1. The number of rotatable bonds is 3. The molecule has 1 saturated heterocycles. The number of carbonyl (C=O) groups excluding carboxylic acids is 1. The number of aliphatic hydroxyl groups is 1. The van der Waals surface area contributed by atoms with Gasteiger partial charge in [0.2, 0.25) is 0 Å². The molecule has 0 bridgehead atoms. The molecule has 0 aromatic carbocycles. The molecule has 1 atom stereocenters. The molecule has 0 unspecified atom stereocenters. The highest BCUT2D eigenvalue weighted by atomic mass is 16.3. The van der Waals surface area contributed by atoms with Crippen LogP contribution >= 0.6 is 0 Å². The Morgan fingerprint density at radius 2 is 2.44 bits per heavy atom. The Balaban J connectivity index is 2.13. The predicted octanol–water partition coefficient (Wildman–Crippen LogP) is 0.541. The van der Waals surface area contributed by atoms with Gasteiger partial charge in [0.1, 0.15) is 0 Å². The number of nitrogens with two attached hydrogens (primary N) is 1. The van der Waals surface area contributed by atoms with Crippen LogP contribution in [0.1, 0.15) is 42.4 Å².